The molecule has 0 saturated carbocycles. The van der Waals surface area contributed by atoms with Gasteiger partial charge in [-0.05, 0) is 54.3 Å². The Kier molecular flexibility index (Phi) is 9.55. The summed E-state index contributed by atoms with van der Waals surface area (Å²) >= 11 is 7.89. The van der Waals surface area contributed by atoms with Crippen molar-refractivity contribution in [2.45, 2.75) is 50.8 Å². The lowest BCUT2D eigenvalue weighted by molar-refractivity contribution is -0.136. The molecular weight excluding hydrogens is 408 g/mol. The number of ether oxygens (including phenoxy) is 1. The highest BCUT2D eigenvalue weighted by atomic mass is 35.5. The fourth-order valence-electron chi connectivity index (χ4n) is 2.93. The van der Waals surface area contributed by atoms with E-state index in [2.05, 4.69) is 6.92 Å². The van der Waals surface area contributed by atoms with Crippen LogP contribution in [0, 0.1) is 0 Å². The van der Waals surface area contributed by atoms with Crippen LogP contribution in [0.3, 0.4) is 0 Å². The lowest BCUT2D eigenvalue weighted by Crippen LogP contribution is -2.04. The van der Waals surface area contributed by atoms with Crippen molar-refractivity contribution in [1.82, 2.24) is 0 Å². The van der Waals surface area contributed by atoms with E-state index in [4.69, 9.17) is 21.4 Å². The Morgan fingerprint density at radius 2 is 1.93 bits per heavy atom. The molecule has 2 aromatic rings. The normalized spacial score (nSPS) is 10.7. The molecule has 0 aliphatic heterocycles. The average molecular weight is 435 g/mol. The van der Waals surface area contributed by atoms with Crippen LogP contribution in [-0.4, -0.2) is 29.2 Å². The van der Waals surface area contributed by atoms with Crippen molar-refractivity contribution < 1.29 is 19.4 Å². The summed E-state index contributed by atoms with van der Waals surface area (Å²) in [4.78, 5) is 23.7. The first-order valence-corrected chi connectivity index (χ1v) is 11.2. The highest BCUT2D eigenvalue weighted by Gasteiger charge is 2.10. The van der Waals surface area contributed by atoms with Crippen LogP contribution in [-0.2, 0) is 17.6 Å². The van der Waals surface area contributed by atoms with E-state index in [1.165, 1.54) is 0 Å². The molecule has 6 heteroatoms. The number of carbonyl (C=O) groups excluding carboxylic acids is 1. The van der Waals surface area contributed by atoms with Crippen LogP contribution in [0.2, 0.25) is 5.02 Å². The van der Waals surface area contributed by atoms with Crippen molar-refractivity contribution in [1.29, 1.82) is 0 Å². The predicted octanol–water partition coefficient (Wildman–Crippen LogP) is 6.07. The van der Waals surface area contributed by atoms with E-state index in [0.717, 1.165) is 46.8 Å². The molecule has 0 amide bonds. The largest absolute Gasteiger partial charge is 0.493 e. The minimum atomic E-state index is -0.867. The zero-order valence-electron chi connectivity index (χ0n) is 16.9. The topological polar surface area (TPSA) is 63.6 Å². The highest BCUT2D eigenvalue weighted by molar-refractivity contribution is 7.99. The molecule has 0 radical (unpaired) electrons. The lowest BCUT2D eigenvalue weighted by atomic mass is 10.0. The smallest absolute Gasteiger partial charge is 0.307 e. The van der Waals surface area contributed by atoms with Crippen molar-refractivity contribution in [3.8, 4) is 5.75 Å². The summed E-state index contributed by atoms with van der Waals surface area (Å²) in [6, 6.07) is 11.1. The second-order valence-electron chi connectivity index (χ2n) is 6.73. The van der Waals surface area contributed by atoms with E-state index >= 15 is 0 Å². The van der Waals surface area contributed by atoms with E-state index in [1.54, 1.807) is 23.9 Å². The van der Waals surface area contributed by atoms with Crippen molar-refractivity contribution >= 4 is 35.1 Å². The molecule has 0 aromatic heterocycles. The van der Waals surface area contributed by atoms with E-state index in [0.29, 0.717) is 23.6 Å². The fourth-order valence-corrected chi connectivity index (χ4v) is 4.14. The van der Waals surface area contributed by atoms with Crippen molar-refractivity contribution in [2.24, 2.45) is 0 Å². The molecule has 0 fully saturated rings. The number of rotatable bonds is 12. The number of ketones is 1. The van der Waals surface area contributed by atoms with Crippen molar-refractivity contribution in [2.75, 3.05) is 12.4 Å². The fraction of sp³-hybridized carbons (Fsp3) is 0.391. The highest BCUT2D eigenvalue weighted by Crippen LogP contribution is 2.29. The molecule has 0 aliphatic rings. The van der Waals surface area contributed by atoms with Gasteiger partial charge in [0.05, 0.1) is 18.1 Å². The Balaban J connectivity index is 1.86. The Bertz CT molecular complexity index is 851. The van der Waals surface area contributed by atoms with Crippen LogP contribution in [0.1, 0.15) is 54.6 Å². The summed E-state index contributed by atoms with van der Waals surface area (Å²) in [6.45, 7) is 4.57. The van der Waals surface area contributed by atoms with Crippen LogP contribution in [0.25, 0.3) is 0 Å². The molecule has 1 N–H and O–H groups in total. The quantitative estimate of drug-likeness (QED) is 0.249. The second-order valence-corrected chi connectivity index (χ2v) is 8.28. The van der Waals surface area contributed by atoms with Gasteiger partial charge in [0.2, 0.25) is 0 Å². The number of carboxylic acids is 1. The van der Waals surface area contributed by atoms with Gasteiger partial charge in [-0.15, -0.1) is 11.8 Å². The van der Waals surface area contributed by atoms with Gasteiger partial charge in [-0.25, -0.2) is 0 Å². The summed E-state index contributed by atoms with van der Waals surface area (Å²) in [5.41, 5.74) is 2.53. The van der Waals surface area contributed by atoms with Gasteiger partial charge in [-0.2, -0.15) is 0 Å². The third-order valence-electron chi connectivity index (χ3n) is 4.38. The van der Waals surface area contributed by atoms with Gasteiger partial charge < -0.3 is 9.84 Å². The first kappa shape index (κ1) is 23.3. The molecule has 29 heavy (non-hydrogen) atoms. The van der Waals surface area contributed by atoms with Crippen LogP contribution >= 0.6 is 23.4 Å². The number of aryl methyl sites for hydroxylation is 1. The summed E-state index contributed by atoms with van der Waals surface area (Å²) in [7, 11) is 0. The molecule has 0 aliphatic carbocycles. The average Bonchev–Trinajstić information content (AvgIpc) is 2.69. The molecule has 0 atom stereocenters. The van der Waals surface area contributed by atoms with Crippen LogP contribution in [0.15, 0.2) is 41.3 Å². The molecule has 2 rings (SSSR count). The van der Waals surface area contributed by atoms with Crippen LogP contribution < -0.4 is 4.74 Å². The Morgan fingerprint density at radius 1 is 1.14 bits per heavy atom. The summed E-state index contributed by atoms with van der Waals surface area (Å²) in [5.74, 6) is 0.971. The maximum atomic E-state index is 11.9. The van der Waals surface area contributed by atoms with Gasteiger partial charge in [0.1, 0.15) is 5.75 Å². The van der Waals surface area contributed by atoms with Gasteiger partial charge in [-0.3, -0.25) is 9.59 Å². The van der Waals surface area contributed by atoms with E-state index in [1.807, 2.05) is 31.2 Å². The third kappa shape index (κ3) is 7.41. The number of thioether (sulfide) groups is 1. The minimum Gasteiger partial charge on any atom is -0.493 e. The molecule has 0 heterocycles. The molecule has 4 nitrogen and oxygen atoms in total. The molecular formula is C23H27ClO4S. The number of hydrogen-bond acceptors (Lipinski definition) is 4. The monoisotopic (exact) mass is 434 g/mol. The molecule has 0 saturated heterocycles. The minimum absolute atomic E-state index is 0.0265. The van der Waals surface area contributed by atoms with Gasteiger partial charge in [0, 0.05) is 22.6 Å². The van der Waals surface area contributed by atoms with Gasteiger partial charge in [-0.1, -0.05) is 37.9 Å². The number of halogens is 1. The van der Waals surface area contributed by atoms with E-state index in [9.17, 15) is 9.59 Å². The SMILES string of the molecule is CCCc1cc(C(=O)CC)ccc1OCCCSc1ccc(CC(=O)O)cc1Cl. The maximum Gasteiger partial charge on any atom is 0.307 e. The van der Waals surface area contributed by atoms with Gasteiger partial charge in [0.25, 0.3) is 0 Å². The van der Waals surface area contributed by atoms with Crippen molar-refractivity contribution in [3.63, 3.8) is 0 Å². The summed E-state index contributed by atoms with van der Waals surface area (Å²) in [5, 5.41) is 9.43. The second kappa shape index (κ2) is 11.9. The third-order valence-corrected chi connectivity index (χ3v) is 5.96. The van der Waals surface area contributed by atoms with E-state index in [-0.39, 0.29) is 12.2 Å². The molecule has 0 spiro atoms. The number of Topliss-reactive ketones (excluding diaryl/α,β-unsaturated/α-hetero) is 1. The Morgan fingerprint density at radius 3 is 2.59 bits per heavy atom. The zero-order valence-corrected chi connectivity index (χ0v) is 18.4. The predicted molar refractivity (Wildman–Crippen MR) is 119 cm³/mol. The maximum absolute atomic E-state index is 11.9. The first-order chi connectivity index (χ1) is 13.9. The number of carbonyl (C=O) groups is 2. The lowest BCUT2D eigenvalue weighted by Gasteiger charge is -2.13. The molecule has 0 unspecified atom stereocenters. The number of benzene rings is 2. The van der Waals surface area contributed by atoms with Gasteiger partial charge >= 0.3 is 5.97 Å². The molecule has 0 bridgehead atoms. The summed E-state index contributed by atoms with van der Waals surface area (Å²) < 4.78 is 5.97. The number of carboxylic acid groups (broad SMARTS) is 1. The van der Waals surface area contributed by atoms with Gasteiger partial charge in [0.15, 0.2) is 5.78 Å². The Hall–Kier alpha value is -1.98. The number of hydrogen-bond donors (Lipinski definition) is 1. The Labute approximate surface area is 181 Å². The van der Waals surface area contributed by atoms with E-state index < -0.39 is 5.97 Å². The van der Waals surface area contributed by atoms with Crippen molar-refractivity contribution in [3.05, 3.63) is 58.1 Å². The molecule has 2 aromatic carbocycles. The molecule has 156 valence electrons. The van der Waals surface area contributed by atoms with Crippen LogP contribution in [0.4, 0.5) is 0 Å². The van der Waals surface area contributed by atoms with Crippen LogP contribution in [0.5, 0.6) is 5.75 Å². The number of aliphatic carboxylic acids is 1. The summed E-state index contributed by atoms with van der Waals surface area (Å²) in [6.07, 6.45) is 3.20. The standard InChI is InChI=1S/C23H27ClO4S/c1-3-6-18-15-17(20(25)4-2)8-9-21(18)28-11-5-12-29-22-10-7-16(13-19(22)24)14-23(26)27/h7-10,13,15H,3-6,11-12,14H2,1-2H3,(H,26,27). The first-order valence-electron chi connectivity index (χ1n) is 9.86. The zero-order chi connectivity index (χ0) is 21.2.